The number of nitrogens with zero attached hydrogens (tertiary/aromatic N) is 1. The number of rotatable bonds is 3. The number of carbonyl (C=O) groups is 1. The highest BCUT2D eigenvalue weighted by atomic mass is 35.5. The summed E-state index contributed by atoms with van der Waals surface area (Å²) in [5.41, 5.74) is 2.19. The summed E-state index contributed by atoms with van der Waals surface area (Å²) in [6, 6.07) is 16.8. The van der Waals surface area contributed by atoms with Crippen molar-refractivity contribution in [2.45, 2.75) is 0 Å². The Morgan fingerprint density at radius 2 is 1.74 bits per heavy atom. The largest absolute Gasteiger partial charge is 0.327 e. The standard InChI is InChI=1S/C18H13ClN2OS/c19-14-9-11-15(12-10-14)21-17(22)16(20-18(21)23)8-4-7-13-5-2-1-3-6-13/h1-12H,(H,20,23). The number of allylic oxidation sites excluding steroid dienone is 2. The predicted molar refractivity (Wildman–Crippen MR) is 98.2 cm³/mol. The van der Waals surface area contributed by atoms with Crippen LogP contribution in [0.25, 0.3) is 6.08 Å². The third kappa shape index (κ3) is 3.50. The van der Waals surface area contributed by atoms with Crippen molar-refractivity contribution in [3.63, 3.8) is 0 Å². The van der Waals surface area contributed by atoms with Gasteiger partial charge in [0, 0.05) is 5.02 Å². The van der Waals surface area contributed by atoms with Crippen LogP contribution in [-0.2, 0) is 4.79 Å². The van der Waals surface area contributed by atoms with Crippen molar-refractivity contribution in [3.05, 3.63) is 83.0 Å². The molecule has 1 heterocycles. The number of anilines is 1. The number of amides is 1. The molecule has 114 valence electrons. The lowest BCUT2D eigenvalue weighted by atomic mass is 10.2. The second-order valence-corrected chi connectivity index (χ2v) is 5.72. The van der Waals surface area contributed by atoms with E-state index in [1.165, 1.54) is 4.90 Å². The minimum Gasteiger partial charge on any atom is -0.327 e. The van der Waals surface area contributed by atoms with E-state index in [2.05, 4.69) is 5.32 Å². The Kier molecular flexibility index (Phi) is 4.55. The van der Waals surface area contributed by atoms with Gasteiger partial charge in [-0.1, -0.05) is 54.1 Å². The maximum absolute atomic E-state index is 12.5. The normalized spacial score (nSPS) is 16.4. The molecule has 1 aliphatic rings. The van der Waals surface area contributed by atoms with Crippen molar-refractivity contribution in [2.75, 3.05) is 4.90 Å². The topological polar surface area (TPSA) is 32.3 Å². The Hall–Kier alpha value is -2.43. The number of hydrogen-bond donors (Lipinski definition) is 1. The first-order valence-corrected chi connectivity index (χ1v) is 7.78. The molecule has 0 aromatic heterocycles. The molecule has 3 nitrogen and oxygen atoms in total. The van der Waals surface area contributed by atoms with E-state index in [9.17, 15) is 4.79 Å². The molecule has 1 fully saturated rings. The van der Waals surface area contributed by atoms with Crippen LogP contribution in [0.2, 0.25) is 5.02 Å². The van der Waals surface area contributed by atoms with E-state index in [1.54, 1.807) is 30.3 Å². The van der Waals surface area contributed by atoms with Crippen LogP contribution in [0.15, 0.2) is 72.4 Å². The zero-order valence-electron chi connectivity index (χ0n) is 12.1. The van der Waals surface area contributed by atoms with E-state index < -0.39 is 0 Å². The third-order valence-corrected chi connectivity index (χ3v) is 3.85. The van der Waals surface area contributed by atoms with E-state index >= 15 is 0 Å². The molecule has 0 unspecified atom stereocenters. The molecule has 3 rings (SSSR count). The van der Waals surface area contributed by atoms with Crippen LogP contribution < -0.4 is 10.2 Å². The molecule has 0 bridgehead atoms. The molecule has 0 radical (unpaired) electrons. The average molecular weight is 341 g/mol. The molecular weight excluding hydrogens is 328 g/mol. The van der Waals surface area contributed by atoms with Crippen LogP contribution >= 0.6 is 23.8 Å². The molecule has 0 atom stereocenters. The second-order valence-electron chi connectivity index (χ2n) is 4.90. The second kappa shape index (κ2) is 6.77. The van der Waals surface area contributed by atoms with Gasteiger partial charge >= 0.3 is 0 Å². The van der Waals surface area contributed by atoms with Crippen LogP contribution in [-0.4, -0.2) is 11.0 Å². The fourth-order valence-electron chi connectivity index (χ4n) is 2.19. The lowest BCUT2D eigenvalue weighted by molar-refractivity contribution is -0.113. The minimum atomic E-state index is -0.185. The van der Waals surface area contributed by atoms with Gasteiger partial charge < -0.3 is 5.32 Å². The zero-order valence-corrected chi connectivity index (χ0v) is 13.6. The first-order valence-electron chi connectivity index (χ1n) is 6.99. The van der Waals surface area contributed by atoms with E-state index in [4.69, 9.17) is 23.8 Å². The summed E-state index contributed by atoms with van der Waals surface area (Å²) in [5.74, 6) is -0.185. The molecule has 23 heavy (non-hydrogen) atoms. The number of nitrogens with one attached hydrogen (secondary N) is 1. The lowest BCUT2D eigenvalue weighted by Crippen LogP contribution is -2.30. The average Bonchev–Trinajstić information content (AvgIpc) is 2.84. The number of benzene rings is 2. The predicted octanol–water partition coefficient (Wildman–Crippen LogP) is 4.16. The zero-order chi connectivity index (χ0) is 16.2. The SMILES string of the molecule is O=C1C(=CC=Cc2ccccc2)NC(=S)N1c1ccc(Cl)cc1. The number of carbonyl (C=O) groups excluding carboxylic acids is 1. The van der Waals surface area contributed by atoms with Crippen molar-refractivity contribution in [1.29, 1.82) is 0 Å². The van der Waals surface area contributed by atoms with Crippen molar-refractivity contribution >= 4 is 46.6 Å². The molecule has 1 N–H and O–H groups in total. The van der Waals surface area contributed by atoms with Gasteiger partial charge in [0.25, 0.3) is 5.91 Å². The van der Waals surface area contributed by atoms with Crippen LogP contribution in [0.1, 0.15) is 5.56 Å². The van der Waals surface area contributed by atoms with Gasteiger partial charge in [0.05, 0.1) is 5.69 Å². The van der Waals surface area contributed by atoms with Gasteiger partial charge in [0.1, 0.15) is 5.70 Å². The van der Waals surface area contributed by atoms with Gasteiger partial charge in [-0.3, -0.25) is 9.69 Å². The molecule has 1 amide bonds. The van der Waals surface area contributed by atoms with Gasteiger partial charge in [0.2, 0.25) is 0 Å². The van der Waals surface area contributed by atoms with Gasteiger partial charge in [-0.05, 0) is 48.1 Å². The van der Waals surface area contributed by atoms with Crippen LogP contribution in [0.4, 0.5) is 5.69 Å². The smallest absolute Gasteiger partial charge is 0.281 e. The molecule has 0 aliphatic carbocycles. The molecule has 2 aromatic rings. The summed E-state index contributed by atoms with van der Waals surface area (Å²) in [5, 5.41) is 3.91. The van der Waals surface area contributed by atoms with Gasteiger partial charge in [-0.2, -0.15) is 0 Å². The lowest BCUT2D eigenvalue weighted by Gasteiger charge is -2.13. The third-order valence-electron chi connectivity index (χ3n) is 3.31. The van der Waals surface area contributed by atoms with Crippen molar-refractivity contribution < 1.29 is 4.79 Å². The van der Waals surface area contributed by atoms with E-state index in [0.717, 1.165) is 5.56 Å². The number of hydrogen-bond acceptors (Lipinski definition) is 2. The van der Waals surface area contributed by atoms with Gasteiger partial charge in [-0.15, -0.1) is 0 Å². The van der Waals surface area contributed by atoms with Gasteiger partial charge in [0.15, 0.2) is 5.11 Å². The maximum atomic E-state index is 12.5. The van der Waals surface area contributed by atoms with Crippen molar-refractivity contribution in [1.82, 2.24) is 5.32 Å². The number of halogens is 1. The quantitative estimate of drug-likeness (QED) is 0.672. The molecule has 1 saturated heterocycles. The highest BCUT2D eigenvalue weighted by Crippen LogP contribution is 2.23. The first kappa shape index (κ1) is 15.5. The van der Waals surface area contributed by atoms with Crippen LogP contribution in [0, 0.1) is 0 Å². The molecule has 0 spiro atoms. The Morgan fingerprint density at radius 3 is 2.43 bits per heavy atom. The fourth-order valence-corrected chi connectivity index (χ4v) is 2.62. The Morgan fingerprint density at radius 1 is 1.04 bits per heavy atom. The first-order chi connectivity index (χ1) is 11.1. The minimum absolute atomic E-state index is 0.185. The molecular formula is C18H13ClN2OS. The summed E-state index contributed by atoms with van der Waals surface area (Å²) in [6.45, 7) is 0. The molecule has 1 aliphatic heterocycles. The number of thiocarbonyl (C=S) groups is 1. The van der Waals surface area contributed by atoms with Crippen LogP contribution in [0.3, 0.4) is 0 Å². The van der Waals surface area contributed by atoms with Gasteiger partial charge in [-0.25, -0.2) is 0 Å². The maximum Gasteiger partial charge on any atom is 0.281 e. The Bertz CT molecular complexity index is 798. The summed E-state index contributed by atoms with van der Waals surface area (Å²) in [7, 11) is 0. The van der Waals surface area contributed by atoms with E-state index in [1.807, 2.05) is 42.5 Å². The van der Waals surface area contributed by atoms with Crippen molar-refractivity contribution in [3.8, 4) is 0 Å². The molecule has 5 heteroatoms. The Balaban J connectivity index is 1.79. The van der Waals surface area contributed by atoms with E-state index in [0.29, 0.717) is 21.5 Å². The van der Waals surface area contributed by atoms with Crippen molar-refractivity contribution in [2.24, 2.45) is 0 Å². The highest BCUT2D eigenvalue weighted by molar-refractivity contribution is 7.80. The fraction of sp³-hybridized carbons (Fsp3) is 0. The van der Waals surface area contributed by atoms with Crippen LogP contribution in [0.5, 0.6) is 0 Å². The molecule has 2 aromatic carbocycles. The summed E-state index contributed by atoms with van der Waals surface area (Å²) >= 11 is 11.1. The molecule has 0 saturated carbocycles. The highest BCUT2D eigenvalue weighted by Gasteiger charge is 2.31. The summed E-state index contributed by atoms with van der Waals surface area (Å²) in [4.78, 5) is 13.9. The van der Waals surface area contributed by atoms with E-state index in [-0.39, 0.29) is 5.91 Å². The Labute approximate surface area is 144 Å². The summed E-state index contributed by atoms with van der Waals surface area (Å²) < 4.78 is 0. The summed E-state index contributed by atoms with van der Waals surface area (Å²) in [6.07, 6.45) is 5.47. The monoisotopic (exact) mass is 340 g/mol.